The van der Waals surface area contributed by atoms with Crippen molar-refractivity contribution in [2.45, 2.75) is 65.6 Å². The van der Waals surface area contributed by atoms with Crippen molar-refractivity contribution >= 4 is 11.8 Å². The minimum absolute atomic E-state index is 0.0463. The summed E-state index contributed by atoms with van der Waals surface area (Å²) in [4.78, 5) is 27.6. The van der Waals surface area contributed by atoms with E-state index < -0.39 is 6.04 Å². The molecule has 0 bridgehead atoms. The van der Waals surface area contributed by atoms with E-state index in [4.69, 9.17) is 4.74 Å². The van der Waals surface area contributed by atoms with Crippen molar-refractivity contribution < 1.29 is 14.3 Å². The van der Waals surface area contributed by atoms with Gasteiger partial charge in [-0.1, -0.05) is 42.0 Å². The third-order valence-electron chi connectivity index (χ3n) is 4.90. The molecule has 1 N–H and O–H groups in total. The van der Waals surface area contributed by atoms with Gasteiger partial charge in [0.15, 0.2) is 0 Å². The highest BCUT2D eigenvalue weighted by Crippen LogP contribution is 2.18. The van der Waals surface area contributed by atoms with Gasteiger partial charge >= 0.3 is 0 Å². The molecule has 2 aromatic carbocycles. The number of ether oxygens (including phenoxy) is 1. The molecule has 0 spiro atoms. The van der Waals surface area contributed by atoms with Crippen LogP contribution in [0, 0.1) is 6.92 Å². The highest BCUT2D eigenvalue weighted by molar-refractivity contribution is 5.87. The first-order valence-electron chi connectivity index (χ1n) is 10.4. The minimum Gasteiger partial charge on any atom is -0.497 e. The van der Waals surface area contributed by atoms with Crippen LogP contribution in [0.1, 0.15) is 50.8 Å². The van der Waals surface area contributed by atoms with Crippen molar-refractivity contribution in [2.24, 2.45) is 0 Å². The molecule has 30 heavy (non-hydrogen) atoms. The third-order valence-corrected chi connectivity index (χ3v) is 4.90. The van der Waals surface area contributed by atoms with E-state index in [0.29, 0.717) is 19.4 Å². The number of hydrogen-bond acceptors (Lipinski definition) is 3. The fraction of sp³-hybridized carbons (Fsp3) is 0.440. The number of amides is 2. The number of methoxy groups -OCH3 is 1. The van der Waals surface area contributed by atoms with Crippen LogP contribution in [-0.2, 0) is 22.6 Å². The molecule has 0 radical (unpaired) electrons. The largest absolute Gasteiger partial charge is 0.497 e. The van der Waals surface area contributed by atoms with Gasteiger partial charge in [-0.2, -0.15) is 0 Å². The number of nitrogens with one attached hydrogen (secondary N) is 1. The molecule has 2 amide bonds. The van der Waals surface area contributed by atoms with Gasteiger partial charge in [0, 0.05) is 18.5 Å². The van der Waals surface area contributed by atoms with Gasteiger partial charge in [-0.3, -0.25) is 9.59 Å². The lowest BCUT2D eigenvalue weighted by Gasteiger charge is -2.31. The Kier molecular flexibility index (Phi) is 8.04. The van der Waals surface area contributed by atoms with Crippen LogP contribution in [-0.4, -0.2) is 35.4 Å². The maximum absolute atomic E-state index is 13.2. The van der Waals surface area contributed by atoms with Gasteiger partial charge in [-0.15, -0.1) is 0 Å². The molecule has 0 aliphatic carbocycles. The molecule has 0 fully saturated rings. The van der Waals surface area contributed by atoms with Crippen molar-refractivity contribution in [3.63, 3.8) is 0 Å². The van der Waals surface area contributed by atoms with Gasteiger partial charge in [0.05, 0.1) is 7.11 Å². The zero-order chi connectivity index (χ0) is 22.3. The summed E-state index contributed by atoms with van der Waals surface area (Å²) in [6.45, 7) is 9.98. The molecule has 0 heterocycles. The van der Waals surface area contributed by atoms with E-state index >= 15 is 0 Å². The molecule has 0 saturated carbocycles. The van der Waals surface area contributed by atoms with E-state index in [1.54, 1.807) is 18.9 Å². The zero-order valence-electron chi connectivity index (χ0n) is 19.0. The van der Waals surface area contributed by atoms with Gasteiger partial charge in [0.25, 0.3) is 0 Å². The summed E-state index contributed by atoms with van der Waals surface area (Å²) in [7, 11) is 1.61. The van der Waals surface area contributed by atoms with Gasteiger partial charge < -0.3 is 15.0 Å². The van der Waals surface area contributed by atoms with Crippen LogP contribution in [0.4, 0.5) is 0 Å². The van der Waals surface area contributed by atoms with Crippen LogP contribution in [0.2, 0.25) is 0 Å². The molecule has 2 aromatic rings. The highest BCUT2D eigenvalue weighted by Gasteiger charge is 2.28. The lowest BCUT2D eigenvalue weighted by molar-refractivity contribution is -0.141. The van der Waals surface area contributed by atoms with Gasteiger partial charge in [-0.25, -0.2) is 0 Å². The van der Waals surface area contributed by atoms with Crippen molar-refractivity contribution in [1.82, 2.24) is 10.2 Å². The monoisotopic (exact) mass is 410 g/mol. The first-order valence-corrected chi connectivity index (χ1v) is 10.4. The quantitative estimate of drug-likeness (QED) is 0.707. The maximum Gasteiger partial charge on any atom is 0.242 e. The van der Waals surface area contributed by atoms with Crippen LogP contribution in [0.25, 0.3) is 0 Å². The summed E-state index contributed by atoms with van der Waals surface area (Å²) in [5.41, 5.74) is 2.87. The second-order valence-electron chi connectivity index (χ2n) is 8.77. The predicted molar refractivity (Wildman–Crippen MR) is 120 cm³/mol. The normalized spacial score (nSPS) is 12.2. The molecule has 162 valence electrons. The fourth-order valence-corrected chi connectivity index (χ4v) is 3.17. The molecule has 5 heteroatoms. The van der Waals surface area contributed by atoms with Crippen molar-refractivity contribution in [2.75, 3.05) is 7.11 Å². The molecule has 0 saturated heterocycles. The Morgan fingerprint density at radius 2 is 1.73 bits per heavy atom. The Hall–Kier alpha value is -2.82. The Morgan fingerprint density at radius 3 is 2.33 bits per heavy atom. The topological polar surface area (TPSA) is 58.6 Å². The average molecular weight is 411 g/mol. The van der Waals surface area contributed by atoms with Gasteiger partial charge in [0.2, 0.25) is 11.8 Å². The van der Waals surface area contributed by atoms with E-state index in [2.05, 4.69) is 5.32 Å². The molecular weight excluding hydrogens is 376 g/mol. The molecule has 0 unspecified atom stereocenters. The summed E-state index contributed by atoms with van der Waals surface area (Å²) in [6, 6.07) is 15.2. The number of aryl methyl sites for hydroxylation is 2. The van der Waals surface area contributed by atoms with Crippen molar-refractivity contribution in [3.05, 3.63) is 65.2 Å². The SMILES string of the molecule is COc1cccc(CN(C(=O)CCc2ccc(C)cc2)[C@@H](C)C(=O)NC(C)(C)C)c1. The van der Waals surface area contributed by atoms with Crippen molar-refractivity contribution in [3.8, 4) is 5.75 Å². The average Bonchev–Trinajstić information content (AvgIpc) is 2.69. The van der Waals surface area contributed by atoms with Crippen LogP contribution in [0.3, 0.4) is 0 Å². The molecule has 0 aliphatic rings. The first kappa shape index (κ1) is 23.5. The zero-order valence-corrected chi connectivity index (χ0v) is 19.0. The Labute approximate surface area is 180 Å². The molecule has 5 nitrogen and oxygen atoms in total. The summed E-state index contributed by atoms with van der Waals surface area (Å²) < 4.78 is 5.30. The van der Waals surface area contributed by atoms with Gasteiger partial charge in [-0.05, 0) is 64.3 Å². The second kappa shape index (κ2) is 10.3. The number of nitrogens with zero attached hydrogens (tertiary/aromatic N) is 1. The second-order valence-corrected chi connectivity index (χ2v) is 8.77. The molecule has 0 aliphatic heterocycles. The molecule has 0 aromatic heterocycles. The summed E-state index contributed by atoms with van der Waals surface area (Å²) >= 11 is 0. The van der Waals surface area contributed by atoms with Gasteiger partial charge in [0.1, 0.15) is 11.8 Å². The number of carbonyl (C=O) groups excluding carboxylic acids is 2. The summed E-state index contributed by atoms with van der Waals surface area (Å²) in [5.74, 6) is 0.524. The maximum atomic E-state index is 13.2. The van der Waals surface area contributed by atoms with Crippen LogP contribution < -0.4 is 10.1 Å². The van der Waals surface area contributed by atoms with Crippen LogP contribution in [0.15, 0.2) is 48.5 Å². The van der Waals surface area contributed by atoms with E-state index in [1.807, 2.05) is 76.2 Å². The van der Waals surface area contributed by atoms with Crippen molar-refractivity contribution in [1.29, 1.82) is 0 Å². The minimum atomic E-state index is -0.582. The number of hydrogen-bond donors (Lipinski definition) is 1. The van der Waals surface area contributed by atoms with E-state index in [0.717, 1.165) is 16.9 Å². The van der Waals surface area contributed by atoms with E-state index in [-0.39, 0.29) is 17.4 Å². The van der Waals surface area contributed by atoms with Crippen LogP contribution in [0.5, 0.6) is 5.75 Å². The predicted octanol–water partition coefficient (Wildman–Crippen LogP) is 4.27. The smallest absolute Gasteiger partial charge is 0.242 e. The third kappa shape index (κ3) is 7.21. The summed E-state index contributed by atoms with van der Waals surface area (Å²) in [6.07, 6.45) is 0.988. The standard InChI is InChI=1S/C25H34N2O3/c1-18-10-12-20(13-11-18)14-15-23(28)27(19(2)24(29)26-25(3,4)5)17-21-8-7-9-22(16-21)30-6/h7-13,16,19H,14-15,17H2,1-6H3,(H,26,29)/t19-/m0/s1. The molecule has 2 rings (SSSR count). The Bertz CT molecular complexity index is 853. The molecule has 1 atom stereocenters. The number of carbonyl (C=O) groups is 2. The Balaban J connectivity index is 2.18. The summed E-state index contributed by atoms with van der Waals surface area (Å²) in [5, 5.41) is 2.99. The van der Waals surface area contributed by atoms with E-state index in [9.17, 15) is 9.59 Å². The highest BCUT2D eigenvalue weighted by atomic mass is 16.5. The fourth-order valence-electron chi connectivity index (χ4n) is 3.17. The lowest BCUT2D eigenvalue weighted by atomic mass is 10.1. The number of benzene rings is 2. The Morgan fingerprint density at radius 1 is 1.07 bits per heavy atom. The first-order chi connectivity index (χ1) is 14.1. The van der Waals surface area contributed by atoms with Crippen LogP contribution >= 0.6 is 0 Å². The molecular formula is C25H34N2O3. The lowest BCUT2D eigenvalue weighted by Crippen LogP contribution is -2.52. The number of rotatable bonds is 8. The van der Waals surface area contributed by atoms with E-state index in [1.165, 1.54) is 5.56 Å².